The summed E-state index contributed by atoms with van der Waals surface area (Å²) in [5, 5.41) is 0. The van der Waals surface area contributed by atoms with Crippen molar-refractivity contribution in [2.24, 2.45) is 0 Å². The lowest BCUT2D eigenvalue weighted by Gasteiger charge is -2.48. The highest BCUT2D eigenvalue weighted by atomic mass is 16.2. The number of hydrogen-bond donors (Lipinski definition) is 0. The van der Waals surface area contributed by atoms with Crippen LogP contribution in [0.5, 0.6) is 0 Å². The van der Waals surface area contributed by atoms with Crippen molar-refractivity contribution in [3.05, 3.63) is 99.3 Å². The van der Waals surface area contributed by atoms with E-state index >= 15 is 0 Å². The first kappa shape index (κ1) is 17.5. The summed E-state index contributed by atoms with van der Waals surface area (Å²) in [4.78, 5) is 41.2. The Morgan fingerprint density at radius 1 is 0.862 bits per heavy atom. The highest BCUT2D eigenvalue weighted by Crippen LogP contribution is 2.44. The molecule has 7 nitrogen and oxygen atoms in total. The van der Waals surface area contributed by atoms with Gasteiger partial charge in [-0.25, -0.2) is 23.5 Å². The summed E-state index contributed by atoms with van der Waals surface area (Å²) in [5.41, 5.74) is 0.610. The Morgan fingerprint density at radius 2 is 1.48 bits per heavy atom. The molecular formula is C22H20N4O3. The molecule has 146 valence electrons. The van der Waals surface area contributed by atoms with Gasteiger partial charge in [-0.05, 0) is 23.8 Å². The van der Waals surface area contributed by atoms with Crippen molar-refractivity contribution in [3.63, 3.8) is 0 Å². The zero-order valence-electron chi connectivity index (χ0n) is 15.9. The Hall–Kier alpha value is -3.61. The first-order valence-electron chi connectivity index (χ1n) is 9.69. The average molecular weight is 388 g/mol. The summed E-state index contributed by atoms with van der Waals surface area (Å²) in [6.07, 6.45) is 3.45. The van der Waals surface area contributed by atoms with Gasteiger partial charge in [-0.3, -0.25) is 4.79 Å². The lowest BCUT2D eigenvalue weighted by molar-refractivity contribution is -0.142. The average Bonchev–Trinajstić information content (AvgIpc) is 3.06. The second-order valence-corrected chi connectivity index (χ2v) is 7.22. The largest absolute Gasteiger partial charge is 0.354 e. The van der Waals surface area contributed by atoms with Crippen LogP contribution in [0, 0.1) is 0 Å². The van der Waals surface area contributed by atoms with E-state index in [0.29, 0.717) is 12.1 Å². The smallest absolute Gasteiger partial charge is 0.307 e. The molecule has 2 aromatic carbocycles. The third-order valence-corrected chi connectivity index (χ3v) is 5.67. The topological polar surface area (TPSA) is 69.2 Å². The highest BCUT2D eigenvalue weighted by molar-refractivity contribution is 5.77. The number of fused-ring (bicyclic) bond motifs is 1. The normalized spacial score (nSPS) is 22.0. The molecule has 0 saturated heterocycles. The molecule has 7 heteroatoms. The predicted octanol–water partition coefficient (Wildman–Crippen LogP) is 2.40. The van der Waals surface area contributed by atoms with Gasteiger partial charge in [0.05, 0.1) is 17.8 Å². The minimum absolute atomic E-state index is 0.0590. The minimum atomic E-state index is -0.636. The first-order chi connectivity index (χ1) is 14.1. The van der Waals surface area contributed by atoms with Crippen LogP contribution in [0.1, 0.15) is 37.2 Å². The van der Waals surface area contributed by atoms with E-state index < -0.39 is 23.6 Å². The van der Waals surface area contributed by atoms with E-state index in [4.69, 9.17) is 0 Å². The molecule has 1 amide bonds. The second kappa shape index (κ2) is 6.48. The van der Waals surface area contributed by atoms with Crippen molar-refractivity contribution in [3.8, 4) is 5.69 Å². The lowest BCUT2D eigenvalue weighted by Crippen LogP contribution is -2.55. The molecule has 0 N–H and O–H groups in total. The number of para-hydroxylation sites is 1. The Morgan fingerprint density at radius 3 is 2.14 bits per heavy atom. The molecule has 3 atom stereocenters. The van der Waals surface area contributed by atoms with Crippen molar-refractivity contribution < 1.29 is 4.79 Å². The molecule has 29 heavy (non-hydrogen) atoms. The third kappa shape index (κ3) is 2.40. The van der Waals surface area contributed by atoms with E-state index in [1.807, 2.05) is 48.6 Å². The summed E-state index contributed by atoms with van der Waals surface area (Å²) in [7, 11) is 0. The number of hydrogen-bond acceptors (Lipinski definition) is 3. The zero-order chi connectivity index (χ0) is 20.1. The quantitative estimate of drug-likeness (QED) is 0.647. The van der Waals surface area contributed by atoms with Crippen LogP contribution in [0.15, 0.2) is 82.4 Å². The molecule has 0 radical (unpaired) electrons. The van der Waals surface area contributed by atoms with Crippen molar-refractivity contribution in [1.29, 1.82) is 0 Å². The fourth-order valence-corrected chi connectivity index (χ4v) is 4.43. The van der Waals surface area contributed by atoms with E-state index in [1.54, 1.807) is 36.1 Å². The summed E-state index contributed by atoms with van der Waals surface area (Å²) in [6.45, 7) is 1.81. The maximum atomic E-state index is 13.3. The monoisotopic (exact) mass is 388 g/mol. The number of amides is 1. The molecule has 4 heterocycles. The van der Waals surface area contributed by atoms with Gasteiger partial charge in [0.15, 0.2) is 0 Å². The van der Waals surface area contributed by atoms with Crippen LogP contribution < -0.4 is 11.4 Å². The van der Waals surface area contributed by atoms with Crippen LogP contribution in [0.2, 0.25) is 0 Å². The van der Waals surface area contributed by atoms with Crippen LogP contribution >= 0.6 is 0 Å². The Balaban J connectivity index is 1.77. The lowest BCUT2D eigenvalue weighted by atomic mass is 9.91. The number of carbonyl (C=O) groups is 1. The maximum absolute atomic E-state index is 13.3. The molecule has 3 aliphatic heterocycles. The third-order valence-electron chi connectivity index (χ3n) is 5.67. The van der Waals surface area contributed by atoms with E-state index in [1.165, 1.54) is 13.9 Å². The highest BCUT2D eigenvalue weighted by Gasteiger charge is 2.47. The van der Waals surface area contributed by atoms with Gasteiger partial charge < -0.3 is 4.90 Å². The van der Waals surface area contributed by atoms with Gasteiger partial charge in [-0.1, -0.05) is 61.5 Å². The first-order valence-corrected chi connectivity index (χ1v) is 9.69. The predicted molar refractivity (Wildman–Crippen MR) is 108 cm³/mol. The zero-order valence-corrected chi connectivity index (χ0v) is 15.9. The van der Waals surface area contributed by atoms with Crippen LogP contribution in [-0.4, -0.2) is 24.7 Å². The van der Waals surface area contributed by atoms with Gasteiger partial charge in [-0.2, -0.15) is 0 Å². The molecular weight excluding hydrogens is 368 g/mol. The Labute approximate surface area is 166 Å². The van der Waals surface area contributed by atoms with Crippen LogP contribution in [0.3, 0.4) is 0 Å². The number of carbonyl (C=O) groups excluding carboxylic acids is 1. The van der Waals surface area contributed by atoms with Gasteiger partial charge in [0.25, 0.3) is 0 Å². The molecule has 3 aromatic rings. The van der Waals surface area contributed by atoms with Gasteiger partial charge in [0.2, 0.25) is 5.91 Å². The van der Waals surface area contributed by atoms with Gasteiger partial charge in [-0.15, -0.1) is 0 Å². The van der Waals surface area contributed by atoms with E-state index in [0.717, 1.165) is 5.56 Å². The van der Waals surface area contributed by atoms with Crippen molar-refractivity contribution in [2.75, 3.05) is 0 Å². The summed E-state index contributed by atoms with van der Waals surface area (Å²) < 4.78 is 4.08. The molecule has 1 aromatic heterocycles. The Kier molecular flexibility index (Phi) is 3.91. The van der Waals surface area contributed by atoms with Crippen molar-refractivity contribution in [2.45, 2.75) is 31.6 Å². The van der Waals surface area contributed by atoms with Crippen molar-refractivity contribution >= 4 is 5.91 Å². The van der Waals surface area contributed by atoms with Gasteiger partial charge in [0, 0.05) is 6.42 Å². The summed E-state index contributed by atoms with van der Waals surface area (Å²) in [6, 6.07) is 17.7. The fourth-order valence-electron chi connectivity index (χ4n) is 4.43. The molecule has 0 unspecified atom stereocenters. The summed E-state index contributed by atoms with van der Waals surface area (Å²) in [5.74, 6) is -0.0590. The maximum Gasteiger partial charge on any atom is 0.354 e. The second-order valence-electron chi connectivity index (χ2n) is 7.22. The molecule has 2 bridgehead atoms. The van der Waals surface area contributed by atoms with Crippen LogP contribution in [-0.2, 0) is 4.79 Å². The standard InChI is InChI=1S/C22H20N4O3/c1-2-19(27)24-18-14-13-17(20(24)15-9-5-3-6-10-15)25-21(28)23(22(29)26(18)25)16-11-7-4-8-12-16/h3-14,17-18,20H,2H2,1H3/t17-,18-,20+/m1/s1. The Bertz CT molecular complexity index is 1220. The molecule has 0 fully saturated rings. The SMILES string of the molecule is CCC(=O)N1[C@H]2C=C[C@H]([C@@H]1c1ccccc1)n1c(=O)n(-c3ccccc3)c(=O)n12. The number of aromatic nitrogens is 3. The molecule has 0 spiro atoms. The summed E-state index contributed by atoms with van der Waals surface area (Å²) >= 11 is 0. The van der Waals surface area contributed by atoms with Gasteiger partial charge in [0.1, 0.15) is 6.17 Å². The van der Waals surface area contributed by atoms with Crippen molar-refractivity contribution in [1.82, 2.24) is 18.8 Å². The fraction of sp³-hybridized carbons (Fsp3) is 0.227. The van der Waals surface area contributed by atoms with E-state index in [9.17, 15) is 14.4 Å². The molecule has 0 saturated carbocycles. The van der Waals surface area contributed by atoms with E-state index in [2.05, 4.69) is 0 Å². The van der Waals surface area contributed by atoms with Gasteiger partial charge >= 0.3 is 11.4 Å². The number of rotatable bonds is 3. The van der Waals surface area contributed by atoms with E-state index in [-0.39, 0.29) is 11.9 Å². The van der Waals surface area contributed by atoms with Crippen LogP contribution in [0.4, 0.5) is 0 Å². The molecule has 6 rings (SSSR count). The number of nitrogens with zero attached hydrogens (tertiary/aromatic N) is 4. The van der Waals surface area contributed by atoms with Crippen LogP contribution in [0.25, 0.3) is 5.69 Å². The molecule has 3 aliphatic rings. The number of benzene rings is 2. The molecule has 0 aliphatic carbocycles. The minimum Gasteiger partial charge on any atom is -0.307 e.